The minimum atomic E-state index is 0.155. The van der Waals surface area contributed by atoms with Crippen molar-refractivity contribution in [2.45, 2.75) is 59.9 Å². The van der Waals surface area contributed by atoms with E-state index in [-0.39, 0.29) is 5.91 Å². The van der Waals surface area contributed by atoms with Gasteiger partial charge in [0, 0.05) is 26.2 Å². The summed E-state index contributed by atoms with van der Waals surface area (Å²) in [7, 11) is 3.94. The first-order valence-corrected chi connectivity index (χ1v) is 9.08. The standard InChI is InChI=1S/C16H34N2O3.C2H6/c1-6-7-9-18(5)16(19)8-11-20-13-14-21-12-10-17(4)15(2)3;1-2/h15H,6-14H2,1-5H3;1-2H3. The number of unbranched alkanes of at least 4 members (excludes halogenated alkanes) is 1. The first-order valence-electron chi connectivity index (χ1n) is 9.08. The van der Waals surface area contributed by atoms with E-state index < -0.39 is 0 Å². The fourth-order valence-corrected chi connectivity index (χ4v) is 1.66. The van der Waals surface area contributed by atoms with Gasteiger partial charge in [-0.15, -0.1) is 0 Å². The van der Waals surface area contributed by atoms with Gasteiger partial charge in [0.25, 0.3) is 0 Å². The molecule has 1 amide bonds. The van der Waals surface area contributed by atoms with E-state index >= 15 is 0 Å². The Kier molecular flexibility index (Phi) is 18.9. The van der Waals surface area contributed by atoms with E-state index in [1.807, 2.05) is 20.9 Å². The molecule has 5 nitrogen and oxygen atoms in total. The van der Waals surface area contributed by atoms with Gasteiger partial charge in [-0.25, -0.2) is 0 Å². The summed E-state index contributed by atoms with van der Waals surface area (Å²) in [6, 6.07) is 0.542. The van der Waals surface area contributed by atoms with E-state index in [4.69, 9.17) is 9.47 Å². The van der Waals surface area contributed by atoms with Crippen molar-refractivity contribution in [1.29, 1.82) is 0 Å². The van der Waals surface area contributed by atoms with Crippen LogP contribution in [0, 0.1) is 0 Å². The average Bonchev–Trinajstić information content (AvgIpc) is 2.56. The van der Waals surface area contributed by atoms with Crippen molar-refractivity contribution in [2.24, 2.45) is 0 Å². The van der Waals surface area contributed by atoms with Crippen LogP contribution < -0.4 is 0 Å². The van der Waals surface area contributed by atoms with E-state index in [0.29, 0.717) is 32.3 Å². The maximum absolute atomic E-state index is 11.7. The molecule has 0 saturated carbocycles. The lowest BCUT2D eigenvalue weighted by atomic mass is 10.3. The van der Waals surface area contributed by atoms with Gasteiger partial charge in [0.1, 0.15) is 0 Å². The molecule has 0 heterocycles. The van der Waals surface area contributed by atoms with Crippen LogP contribution in [0.5, 0.6) is 0 Å². The summed E-state index contributed by atoms with van der Waals surface area (Å²) in [6.45, 7) is 14.6. The summed E-state index contributed by atoms with van der Waals surface area (Å²) in [5.41, 5.74) is 0. The lowest BCUT2D eigenvalue weighted by Crippen LogP contribution is -2.30. The van der Waals surface area contributed by atoms with Crippen LogP contribution in [-0.2, 0) is 14.3 Å². The average molecular weight is 333 g/mol. The van der Waals surface area contributed by atoms with E-state index in [9.17, 15) is 4.79 Å². The van der Waals surface area contributed by atoms with Crippen LogP contribution in [-0.4, -0.2) is 75.4 Å². The molecule has 140 valence electrons. The molecular weight excluding hydrogens is 292 g/mol. The molecule has 0 N–H and O–H groups in total. The SMILES string of the molecule is CC.CCCCN(C)C(=O)CCOCCOCCN(C)C(C)C. The van der Waals surface area contributed by atoms with Crippen LogP contribution in [0.3, 0.4) is 0 Å². The van der Waals surface area contributed by atoms with Crippen molar-refractivity contribution in [1.82, 2.24) is 9.80 Å². The van der Waals surface area contributed by atoms with Crippen molar-refractivity contribution in [3.8, 4) is 0 Å². The zero-order chi connectivity index (χ0) is 18.1. The van der Waals surface area contributed by atoms with E-state index in [0.717, 1.165) is 32.5 Å². The van der Waals surface area contributed by atoms with Crippen LogP contribution in [0.15, 0.2) is 0 Å². The minimum absolute atomic E-state index is 0.155. The molecule has 0 fully saturated rings. The molecular formula is C18H40N2O3. The third-order valence-corrected chi connectivity index (χ3v) is 3.57. The fourth-order valence-electron chi connectivity index (χ4n) is 1.66. The predicted molar refractivity (Wildman–Crippen MR) is 97.9 cm³/mol. The quantitative estimate of drug-likeness (QED) is 0.486. The Morgan fingerprint density at radius 2 is 1.52 bits per heavy atom. The molecule has 0 atom stereocenters. The molecule has 5 heteroatoms. The van der Waals surface area contributed by atoms with Gasteiger partial charge < -0.3 is 19.3 Å². The Balaban J connectivity index is 0. The second kappa shape index (κ2) is 17.7. The molecule has 0 aliphatic rings. The van der Waals surface area contributed by atoms with E-state index in [1.54, 1.807) is 4.90 Å². The highest BCUT2D eigenvalue weighted by Gasteiger charge is 2.07. The second-order valence-corrected chi connectivity index (χ2v) is 5.72. The zero-order valence-electron chi connectivity index (χ0n) is 16.6. The van der Waals surface area contributed by atoms with Crippen LogP contribution in [0.25, 0.3) is 0 Å². The van der Waals surface area contributed by atoms with Gasteiger partial charge in [-0.1, -0.05) is 27.2 Å². The summed E-state index contributed by atoms with van der Waals surface area (Å²) in [5.74, 6) is 0.155. The molecule has 0 unspecified atom stereocenters. The number of carbonyl (C=O) groups excluding carboxylic acids is 1. The van der Waals surface area contributed by atoms with Crippen molar-refractivity contribution in [3.63, 3.8) is 0 Å². The number of amides is 1. The van der Waals surface area contributed by atoms with Gasteiger partial charge >= 0.3 is 0 Å². The first-order chi connectivity index (χ1) is 11.0. The zero-order valence-corrected chi connectivity index (χ0v) is 16.6. The van der Waals surface area contributed by atoms with Gasteiger partial charge in [-0.2, -0.15) is 0 Å². The summed E-state index contributed by atoms with van der Waals surface area (Å²) in [4.78, 5) is 15.8. The number of hydrogen-bond acceptors (Lipinski definition) is 4. The van der Waals surface area contributed by atoms with Gasteiger partial charge in [0.15, 0.2) is 0 Å². The van der Waals surface area contributed by atoms with Crippen molar-refractivity contribution in [2.75, 3.05) is 53.6 Å². The van der Waals surface area contributed by atoms with Gasteiger partial charge in [-0.3, -0.25) is 4.79 Å². The molecule has 0 spiro atoms. The molecule has 0 bridgehead atoms. The molecule has 0 aromatic rings. The van der Waals surface area contributed by atoms with Gasteiger partial charge in [0.2, 0.25) is 5.91 Å². The number of likely N-dealkylation sites (N-methyl/N-ethyl adjacent to an activating group) is 1. The monoisotopic (exact) mass is 332 g/mol. The highest BCUT2D eigenvalue weighted by molar-refractivity contribution is 5.75. The maximum atomic E-state index is 11.7. The van der Waals surface area contributed by atoms with Crippen molar-refractivity contribution >= 4 is 5.91 Å². The van der Waals surface area contributed by atoms with Crippen LogP contribution in [0.2, 0.25) is 0 Å². The predicted octanol–water partition coefficient (Wildman–Crippen LogP) is 3.03. The lowest BCUT2D eigenvalue weighted by molar-refractivity contribution is -0.131. The van der Waals surface area contributed by atoms with Gasteiger partial charge in [0.05, 0.1) is 32.8 Å². The molecule has 0 rings (SSSR count). The normalized spacial score (nSPS) is 10.7. The number of nitrogens with zero attached hydrogens (tertiary/aromatic N) is 2. The summed E-state index contributed by atoms with van der Waals surface area (Å²) in [5, 5.41) is 0. The molecule has 23 heavy (non-hydrogen) atoms. The number of rotatable bonds is 13. The van der Waals surface area contributed by atoms with E-state index in [1.165, 1.54) is 0 Å². The molecule has 0 radical (unpaired) electrons. The van der Waals surface area contributed by atoms with Crippen LogP contribution in [0.4, 0.5) is 0 Å². The summed E-state index contributed by atoms with van der Waals surface area (Å²) >= 11 is 0. The molecule has 0 aromatic carbocycles. The topological polar surface area (TPSA) is 42.0 Å². The molecule has 0 saturated heterocycles. The Bertz CT molecular complexity index is 261. The second-order valence-electron chi connectivity index (χ2n) is 5.72. The van der Waals surface area contributed by atoms with Crippen LogP contribution in [0.1, 0.15) is 53.9 Å². The Labute approximate surface area is 144 Å². The highest BCUT2D eigenvalue weighted by atomic mass is 16.5. The molecule has 0 aliphatic heterocycles. The molecule has 0 aliphatic carbocycles. The van der Waals surface area contributed by atoms with Crippen molar-refractivity contribution < 1.29 is 14.3 Å². The Morgan fingerprint density at radius 1 is 0.957 bits per heavy atom. The Hall–Kier alpha value is -0.650. The number of hydrogen-bond donors (Lipinski definition) is 0. The van der Waals surface area contributed by atoms with E-state index in [2.05, 4.69) is 32.7 Å². The molecule has 0 aromatic heterocycles. The number of carbonyl (C=O) groups is 1. The van der Waals surface area contributed by atoms with Gasteiger partial charge in [-0.05, 0) is 27.3 Å². The number of ether oxygens (including phenoxy) is 2. The third-order valence-electron chi connectivity index (χ3n) is 3.57. The lowest BCUT2D eigenvalue weighted by Gasteiger charge is -2.20. The van der Waals surface area contributed by atoms with Crippen LogP contribution >= 0.6 is 0 Å². The van der Waals surface area contributed by atoms with Crippen molar-refractivity contribution in [3.05, 3.63) is 0 Å². The smallest absolute Gasteiger partial charge is 0.224 e. The Morgan fingerprint density at radius 3 is 2.04 bits per heavy atom. The third kappa shape index (κ3) is 16.0. The fraction of sp³-hybridized carbons (Fsp3) is 0.944. The summed E-state index contributed by atoms with van der Waals surface area (Å²) in [6.07, 6.45) is 2.62. The maximum Gasteiger partial charge on any atom is 0.224 e. The summed E-state index contributed by atoms with van der Waals surface area (Å²) < 4.78 is 10.9. The minimum Gasteiger partial charge on any atom is -0.379 e. The largest absolute Gasteiger partial charge is 0.379 e. The highest BCUT2D eigenvalue weighted by Crippen LogP contribution is 1.96. The first kappa shape index (κ1) is 24.6.